The van der Waals surface area contributed by atoms with E-state index in [1.54, 1.807) is 20.3 Å². The molecular formula is C21H25ClN2O3. The van der Waals surface area contributed by atoms with Crippen LogP contribution in [0.1, 0.15) is 35.6 Å². The van der Waals surface area contributed by atoms with Crippen LogP contribution in [0.25, 0.3) is 0 Å². The highest BCUT2D eigenvalue weighted by Gasteiger charge is 2.26. The Hall–Kier alpha value is -2.24. The molecule has 1 amide bonds. The first-order chi connectivity index (χ1) is 12.9. The number of halogens is 1. The van der Waals surface area contributed by atoms with E-state index in [4.69, 9.17) is 26.8 Å². The number of aryl methyl sites for hydroxylation is 2. The Morgan fingerprint density at radius 3 is 2.63 bits per heavy atom. The summed E-state index contributed by atoms with van der Waals surface area (Å²) < 4.78 is 10.5. The van der Waals surface area contributed by atoms with E-state index in [2.05, 4.69) is 0 Å². The van der Waals surface area contributed by atoms with Gasteiger partial charge in [-0.2, -0.15) is 0 Å². The second-order valence-corrected chi connectivity index (χ2v) is 7.20. The van der Waals surface area contributed by atoms with Crippen molar-refractivity contribution in [1.82, 2.24) is 0 Å². The first-order valence-corrected chi connectivity index (χ1v) is 9.39. The molecule has 0 radical (unpaired) electrons. The number of carbonyl (C=O) groups is 1. The summed E-state index contributed by atoms with van der Waals surface area (Å²) in [6.45, 7) is 2.62. The Balaban J connectivity index is 1.81. The highest BCUT2D eigenvalue weighted by Crippen LogP contribution is 2.34. The van der Waals surface area contributed by atoms with Crippen molar-refractivity contribution in [3.05, 3.63) is 52.0 Å². The van der Waals surface area contributed by atoms with Crippen molar-refractivity contribution in [2.24, 2.45) is 5.73 Å². The van der Waals surface area contributed by atoms with Gasteiger partial charge in [0, 0.05) is 29.7 Å². The van der Waals surface area contributed by atoms with Crippen LogP contribution < -0.4 is 20.1 Å². The maximum atomic E-state index is 13.0. The van der Waals surface area contributed by atoms with Crippen LogP contribution in [0.3, 0.4) is 0 Å². The fourth-order valence-corrected chi connectivity index (χ4v) is 4.07. The smallest absolute Gasteiger partial charge is 0.228 e. The molecule has 0 saturated carbocycles. The average Bonchev–Trinajstić information content (AvgIpc) is 2.66. The van der Waals surface area contributed by atoms with E-state index in [0.717, 1.165) is 41.0 Å². The molecule has 1 aliphatic heterocycles. The number of hydrogen-bond acceptors (Lipinski definition) is 4. The van der Waals surface area contributed by atoms with E-state index in [1.807, 2.05) is 36.1 Å². The largest absolute Gasteiger partial charge is 0.497 e. The zero-order chi connectivity index (χ0) is 19.6. The molecule has 1 aliphatic rings. The van der Waals surface area contributed by atoms with Crippen molar-refractivity contribution in [3.63, 3.8) is 0 Å². The maximum Gasteiger partial charge on any atom is 0.228 e. The second kappa shape index (κ2) is 8.19. The molecule has 0 saturated heterocycles. The molecule has 0 spiro atoms. The number of carbonyl (C=O) groups excluding carboxylic acids is 1. The quantitative estimate of drug-likeness (QED) is 0.839. The normalized spacial score (nSPS) is 14.5. The molecule has 5 nitrogen and oxygen atoms in total. The van der Waals surface area contributed by atoms with Crippen molar-refractivity contribution < 1.29 is 14.3 Å². The summed E-state index contributed by atoms with van der Waals surface area (Å²) in [5, 5.41) is 0.524. The van der Waals surface area contributed by atoms with Gasteiger partial charge in [-0.3, -0.25) is 4.79 Å². The molecule has 27 heavy (non-hydrogen) atoms. The lowest BCUT2D eigenvalue weighted by Gasteiger charge is -2.31. The number of amides is 1. The number of nitrogens with two attached hydrogens (primary N) is 1. The third kappa shape index (κ3) is 4.04. The number of nitrogens with zero attached hydrogens (tertiary/aromatic N) is 1. The van der Waals surface area contributed by atoms with E-state index >= 15 is 0 Å². The minimum atomic E-state index is -0.473. The third-order valence-corrected chi connectivity index (χ3v) is 5.33. The van der Waals surface area contributed by atoms with Crippen molar-refractivity contribution in [2.75, 3.05) is 25.7 Å². The lowest BCUT2D eigenvalue weighted by molar-refractivity contribution is -0.119. The molecule has 3 rings (SSSR count). The molecule has 0 bridgehead atoms. The predicted octanol–water partition coefficient (Wildman–Crippen LogP) is 4.03. The number of hydrogen-bond donors (Lipinski definition) is 1. The Morgan fingerprint density at radius 1 is 1.22 bits per heavy atom. The number of rotatable bonds is 5. The van der Waals surface area contributed by atoms with Gasteiger partial charge in [0.15, 0.2) is 0 Å². The van der Waals surface area contributed by atoms with Gasteiger partial charge < -0.3 is 20.1 Å². The summed E-state index contributed by atoms with van der Waals surface area (Å²) >= 11 is 6.39. The van der Waals surface area contributed by atoms with Crippen LogP contribution in [0.4, 0.5) is 5.69 Å². The van der Waals surface area contributed by atoms with Crippen molar-refractivity contribution >= 4 is 23.2 Å². The minimum Gasteiger partial charge on any atom is -0.497 e. The summed E-state index contributed by atoms with van der Waals surface area (Å²) in [5.41, 5.74) is 10.1. The number of anilines is 1. The van der Waals surface area contributed by atoms with Gasteiger partial charge in [-0.25, -0.2) is 0 Å². The maximum absolute atomic E-state index is 13.0. The SMILES string of the molecule is COc1cc(C)c(C(N)CC(=O)N2CCCc3cc(OC)ccc32)c(Cl)c1. The Morgan fingerprint density at radius 2 is 1.96 bits per heavy atom. The summed E-state index contributed by atoms with van der Waals surface area (Å²) in [4.78, 5) is 14.8. The van der Waals surface area contributed by atoms with Gasteiger partial charge in [0.25, 0.3) is 0 Å². The molecule has 2 aromatic carbocycles. The van der Waals surface area contributed by atoms with Crippen LogP contribution >= 0.6 is 11.6 Å². The fraction of sp³-hybridized carbons (Fsp3) is 0.381. The van der Waals surface area contributed by atoms with Crippen LogP contribution in [0.15, 0.2) is 30.3 Å². The van der Waals surface area contributed by atoms with Gasteiger partial charge in [-0.15, -0.1) is 0 Å². The molecule has 1 atom stereocenters. The van der Waals surface area contributed by atoms with Crippen molar-refractivity contribution in [2.45, 2.75) is 32.2 Å². The number of methoxy groups -OCH3 is 2. The first-order valence-electron chi connectivity index (χ1n) is 9.01. The van der Waals surface area contributed by atoms with Gasteiger partial charge in [0.1, 0.15) is 11.5 Å². The predicted molar refractivity (Wildman–Crippen MR) is 108 cm³/mol. The van der Waals surface area contributed by atoms with Gasteiger partial charge in [-0.05, 0) is 66.8 Å². The number of fused-ring (bicyclic) bond motifs is 1. The first kappa shape index (κ1) is 19.5. The van der Waals surface area contributed by atoms with E-state index < -0.39 is 6.04 Å². The number of benzene rings is 2. The molecule has 1 heterocycles. The van der Waals surface area contributed by atoms with Crippen LogP contribution in [-0.4, -0.2) is 26.7 Å². The Labute approximate surface area is 165 Å². The number of ether oxygens (including phenoxy) is 2. The highest BCUT2D eigenvalue weighted by molar-refractivity contribution is 6.31. The molecule has 0 aliphatic carbocycles. The van der Waals surface area contributed by atoms with Gasteiger partial charge in [0.05, 0.1) is 14.2 Å². The standard InChI is InChI=1S/C21H25ClN2O3/c1-13-9-16(27-3)11-17(22)21(13)18(23)12-20(25)24-8-4-5-14-10-15(26-2)6-7-19(14)24/h6-7,9-11,18H,4-5,8,12,23H2,1-3H3. The molecule has 6 heteroatoms. The summed E-state index contributed by atoms with van der Waals surface area (Å²) in [6.07, 6.45) is 2.05. The third-order valence-electron chi connectivity index (χ3n) is 5.02. The molecule has 0 fully saturated rings. The zero-order valence-electron chi connectivity index (χ0n) is 15.9. The molecule has 1 unspecified atom stereocenters. The van der Waals surface area contributed by atoms with E-state index in [0.29, 0.717) is 17.3 Å². The molecular weight excluding hydrogens is 364 g/mol. The van der Waals surface area contributed by atoms with Crippen LogP contribution in [0, 0.1) is 6.92 Å². The molecule has 2 aromatic rings. The van der Waals surface area contributed by atoms with Crippen LogP contribution in [0.5, 0.6) is 11.5 Å². The van der Waals surface area contributed by atoms with Crippen LogP contribution in [-0.2, 0) is 11.2 Å². The Bertz CT molecular complexity index is 830. The summed E-state index contributed by atoms with van der Waals surface area (Å²) in [6, 6.07) is 8.97. The minimum absolute atomic E-state index is 0.0000911. The zero-order valence-corrected chi connectivity index (χ0v) is 16.7. The summed E-state index contributed by atoms with van der Waals surface area (Å²) in [7, 11) is 3.24. The summed E-state index contributed by atoms with van der Waals surface area (Å²) in [5.74, 6) is 1.49. The van der Waals surface area contributed by atoms with E-state index in [1.165, 1.54) is 0 Å². The lowest BCUT2D eigenvalue weighted by Crippen LogP contribution is -2.37. The van der Waals surface area contributed by atoms with Crippen molar-refractivity contribution in [3.8, 4) is 11.5 Å². The molecule has 2 N–H and O–H groups in total. The van der Waals surface area contributed by atoms with Gasteiger partial charge in [0.2, 0.25) is 5.91 Å². The van der Waals surface area contributed by atoms with E-state index in [9.17, 15) is 4.79 Å². The second-order valence-electron chi connectivity index (χ2n) is 6.79. The topological polar surface area (TPSA) is 64.8 Å². The fourth-order valence-electron chi connectivity index (χ4n) is 3.67. The van der Waals surface area contributed by atoms with Gasteiger partial charge >= 0.3 is 0 Å². The van der Waals surface area contributed by atoms with Crippen LogP contribution in [0.2, 0.25) is 5.02 Å². The van der Waals surface area contributed by atoms with E-state index in [-0.39, 0.29) is 12.3 Å². The highest BCUT2D eigenvalue weighted by atomic mass is 35.5. The van der Waals surface area contributed by atoms with Gasteiger partial charge in [-0.1, -0.05) is 11.6 Å². The Kier molecular flexibility index (Phi) is 5.92. The lowest BCUT2D eigenvalue weighted by atomic mass is 9.97. The molecule has 0 aromatic heterocycles. The molecule has 144 valence electrons. The average molecular weight is 389 g/mol. The monoisotopic (exact) mass is 388 g/mol. The van der Waals surface area contributed by atoms with Crippen molar-refractivity contribution in [1.29, 1.82) is 0 Å².